The Hall–Kier alpha value is -1.58. The highest BCUT2D eigenvalue weighted by Gasteiger charge is 2.13. The molecule has 19 heavy (non-hydrogen) atoms. The first-order chi connectivity index (χ1) is 8.79. The standard InChI is InChI=1S/C15H13NOS.ClH/c1-17-13-8-9-15-12(10-13)7-6-11-4-2-3-5-14(11)18(15)16;/h2-10,16H,1H3;1H. The zero-order valence-corrected chi connectivity index (χ0v) is 12.1. The second kappa shape index (κ2) is 5.59. The van der Waals surface area contributed by atoms with Crippen molar-refractivity contribution in [3.05, 3.63) is 53.6 Å². The maximum Gasteiger partial charge on any atom is 0.119 e. The van der Waals surface area contributed by atoms with Crippen LogP contribution in [0.25, 0.3) is 12.2 Å². The lowest BCUT2D eigenvalue weighted by molar-refractivity contribution is 0.414. The number of halogens is 1. The number of ether oxygens (including phenoxy) is 1. The van der Waals surface area contributed by atoms with E-state index in [1.165, 1.54) is 0 Å². The van der Waals surface area contributed by atoms with E-state index in [2.05, 4.69) is 18.2 Å². The fraction of sp³-hybridized carbons (Fsp3) is 0.0667. The average molecular weight is 292 g/mol. The van der Waals surface area contributed by atoms with Crippen molar-refractivity contribution in [2.24, 2.45) is 0 Å². The number of fused-ring (bicyclic) bond motifs is 2. The lowest BCUT2D eigenvalue weighted by Gasteiger charge is -2.10. The van der Waals surface area contributed by atoms with Gasteiger partial charge >= 0.3 is 0 Å². The number of nitrogens with one attached hydrogen (secondary N) is 1. The zero-order chi connectivity index (χ0) is 12.5. The molecule has 0 aromatic heterocycles. The number of hydrogen-bond acceptors (Lipinski definition) is 2. The molecule has 0 bridgehead atoms. The summed E-state index contributed by atoms with van der Waals surface area (Å²) in [6.07, 6.45) is 4.15. The molecule has 1 aliphatic heterocycles. The van der Waals surface area contributed by atoms with Crippen LogP contribution in [0, 0.1) is 4.78 Å². The summed E-state index contributed by atoms with van der Waals surface area (Å²) in [6, 6.07) is 14.0. The maximum absolute atomic E-state index is 8.45. The van der Waals surface area contributed by atoms with Crippen LogP contribution in [-0.2, 0) is 10.7 Å². The maximum atomic E-state index is 8.45. The molecule has 2 nitrogen and oxygen atoms in total. The van der Waals surface area contributed by atoms with Gasteiger partial charge in [0.2, 0.25) is 0 Å². The molecule has 1 N–H and O–H groups in total. The number of methoxy groups -OCH3 is 1. The fourth-order valence-corrected chi connectivity index (χ4v) is 3.46. The third kappa shape index (κ3) is 2.44. The first-order valence-corrected chi connectivity index (χ1v) is 6.93. The van der Waals surface area contributed by atoms with Gasteiger partial charge in [-0.2, -0.15) is 0 Å². The lowest BCUT2D eigenvalue weighted by atomic mass is 10.1. The molecule has 0 fully saturated rings. The summed E-state index contributed by atoms with van der Waals surface area (Å²) in [5, 5.41) is 0. The Kier molecular flexibility index (Phi) is 4.08. The molecule has 1 aliphatic rings. The van der Waals surface area contributed by atoms with Crippen LogP contribution in [0.5, 0.6) is 5.75 Å². The topological polar surface area (TPSA) is 33.1 Å². The number of hydrogen-bond donors (Lipinski definition) is 1. The molecular formula is C15H14ClNOS. The van der Waals surface area contributed by atoms with Crippen molar-refractivity contribution in [3.8, 4) is 5.75 Å². The van der Waals surface area contributed by atoms with Gasteiger partial charge in [0.1, 0.15) is 5.75 Å². The van der Waals surface area contributed by atoms with Crippen LogP contribution in [0.1, 0.15) is 11.1 Å². The molecule has 0 saturated heterocycles. The van der Waals surface area contributed by atoms with Crippen LogP contribution in [0.2, 0.25) is 0 Å². The van der Waals surface area contributed by atoms with Gasteiger partial charge in [-0.05, 0) is 46.1 Å². The molecule has 0 spiro atoms. The van der Waals surface area contributed by atoms with Crippen molar-refractivity contribution in [2.45, 2.75) is 9.79 Å². The summed E-state index contributed by atoms with van der Waals surface area (Å²) in [5.41, 5.74) is 2.20. The Morgan fingerprint density at radius 3 is 2.42 bits per heavy atom. The van der Waals surface area contributed by atoms with E-state index in [9.17, 15) is 0 Å². The number of rotatable bonds is 1. The smallest absolute Gasteiger partial charge is 0.119 e. The largest absolute Gasteiger partial charge is 0.497 e. The minimum atomic E-state index is -0.636. The van der Waals surface area contributed by atoms with Crippen molar-refractivity contribution in [2.75, 3.05) is 7.11 Å². The third-order valence-electron chi connectivity index (χ3n) is 3.02. The lowest BCUT2D eigenvalue weighted by Crippen LogP contribution is -1.95. The summed E-state index contributed by atoms with van der Waals surface area (Å²) < 4.78 is 13.7. The van der Waals surface area contributed by atoms with E-state index in [1.807, 2.05) is 36.4 Å². The first-order valence-electron chi connectivity index (χ1n) is 5.70. The van der Waals surface area contributed by atoms with Gasteiger partial charge in [0.05, 0.1) is 7.11 Å². The summed E-state index contributed by atoms with van der Waals surface area (Å²) in [6.45, 7) is 0. The summed E-state index contributed by atoms with van der Waals surface area (Å²) >= 11 is 0. The van der Waals surface area contributed by atoms with E-state index in [0.29, 0.717) is 0 Å². The van der Waals surface area contributed by atoms with E-state index < -0.39 is 10.7 Å². The van der Waals surface area contributed by atoms with E-state index in [4.69, 9.17) is 9.52 Å². The highest BCUT2D eigenvalue weighted by Crippen LogP contribution is 2.31. The van der Waals surface area contributed by atoms with Gasteiger partial charge in [-0.1, -0.05) is 30.4 Å². The Morgan fingerprint density at radius 1 is 0.947 bits per heavy atom. The first kappa shape index (κ1) is 13.8. The molecule has 2 aromatic carbocycles. The van der Waals surface area contributed by atoms with Crippen molar-refractivity contribution >= 4 is 35.3 Å². The van der Waals surface area contributed by atoms with Crippen LogP contribution in [0.3, 0.4) is 0 Å². The van der Waals surface area contributed by atoms with E-state index >= 15 is 0 Å². The van der Waals surface area contributed by atoms with E-state index in [-0.39, 0.29) is 12.4 Å². The molecule has 0 radical (unpaired) electrons. The highest BCUT2D eigenvalue weighted by atomic mass is 35.5. The molecular weight excluding hydrogens is 278 g/mol. The quantitative estimate of drug-likeness (QED) is 0.708. The third-order valence-corrected chi connectivity index (χ3v) is 4.64. The monoisotopic (exact) mass is 291 g/mol. The average Bonchev–Trinajstić information content (AvgIpc) is 2.57. The molecule has 4 heteroatoms. The molecule has 1 heterocycles. The second-order valence-electron chi connectivity index (χ2n) is 4.08. The second-order valence-corrected chi connectivity index (χ2v) is 5.57. The normalized spacial score (nSPS) is 15.7. The Morgan fingerprint density at radius 2 is 1.63 bits per heavy atom. The van der Waals surface area contributed by atoms with Gasteiger partial charge in [0.25, 0.3) is 0 Å². The van der Waals surface area contributed by atoms with Crippen LogP contribution in [-0.4, -0.2) is 7.11 Å². The molecule has 1 atom stereocenters. The van der Waals surface area contributed by atoms with Crippen LogP contribution < -0.4 is 4.74 Å². The summed E-state index contributed by atoms with van der Waals surface area (Å²) in [4.78, 5) is 2.13. The Balaban J connectivity index is 0.00000133. The minimum absolute atomic E-state index is 0. The molecule has 3 rings (SSSR count). The Labute approximate surface area is 121 Å². The van der Waals surface area contributed by atoms with Crippen LogP contribution in [0.4, 0.5) is 0 Å². The summed E-state index contributed by atoms with van der Waals surface area (Å²) in [5.74, 6) is 0.835. The van der Waals surface area contributed by atoms with Crippen LogP contribution in [0.15, 0.2) is 52.3 Å². The van der Waals surface area contributed by atoms with Gasteiger partial charge in [-0.25, -0.2) is 0 Å². The zero-order valence-electron chi connectivity index (χ0n) is 10.4. The SMILES string of the molecule is COc1ccc2c(c1)C=Cc1ccccc1S2=N.Cl. The predicted octanol–water partition coefficient (Wildman–Crippen LogP) is 4.40. The van der Waals surface area contributed by atoms with Gasteiger partial charge in [-0.3, -0.25) is 4.78 Å². The van der Waals surface area contributed by atoms with E-state index in [0.717, 1.165) is 26.7 Å². The minimum Gasteiger partial charge on any atom is -0.497 e. The highest BCUT2D eigenvalue weighted by molar-refractivity contribution is 7.86. The molecule has 0 amide bonds. The van der Waals surface area contributed by atoms with E-state index in [1.54, 1.807) is 7.11 Å². The van der Waals surface area contributed by atoms with Gasteiger partial charge in [-0.15, -0.1) is 12.4 Å². The van der Waals surface area contributed by atoms with Gasteiger partial charge in [0.15, 0.2) is 0 Å². The van der Waals surface area contributed by atoms with Crippen molar-refractivity contribution in [1.29, 1.82) is 4.78 Å². The van der Waals surface area contributed by atoms with Crippen molar-refractivity contribution in [3.63, 3.8) is 0 Å². The predicted molar refractivity (Wildman–Crippen MR) is 82.2 cm³/mol. The van der Waals surface area contributed by atoms with Gasteiger partial charge < -0.3 is 4.74 Å². The van der Waals surface area contributed by atoms with Crippen molar-refractivity contribution in [1.82, 2.24) is 0 Å². The molecule has 98 valence electrons. The van der Waals surface area contributed by atoms with Crippen molar-refractivity contribution < 1.29 is 4.74 Å². The van der Waals surface area contributed by atoms with Crippen LogP contribution >= 0.6 is 12.4 Å². The van der Waals surface area contributed by atoms with Gasteiger partial charge in [0, 0.05) is 9.79 Å². The molecule has 1 unspecified atom stereocenters. The fourth-order valence-electron chi connectivity index (χ4n) is 2.07. The molecule has 0 aliphatic carbocycles. The number of benzene rings is 2. The molecule has 0 saturated carbocycles. The summed E-state index contributed by atoms with van der Waals surface area (Å²) in [7, 11) is 1.03. The Bertz CT molecular complexity index is 667. The molecule has 2 aromatic rings.